The van der Waals surface area contributed by atoms with Gasteiger partial charge in [0.1, 0.15) is 5.75 Å². The Balaban J connectivity index is 1.26. The number of benzene rings is 3. The Morgan fingerprint density at radius 2 is 1.82 bits per heavy atom. The van der Waals surface area contributed by atoms with Gasteiger partial charge in [0, 0.05) is 23.0 Å². The van der Waals surface area contributed by atoms with Crippen molar-refractivity contribution in [2.75, 3.05) is 7.11 Å². The van der Waals surface area contributed by atoms with Crippen LogP contribution in [0.5, 0.6) is 5.75 Å². The topological polar surface area (TPSA) is 21.3 Å². The second-order valence-corrected chi connectivity index (χ2v) is 8.34. The van der Waals surface area contributed by atoms with Gasteiger partial charge in [-0.05, 0) is 71.3 Å². The molecule has 1 unspecified atom stereocenters. The van der Waals surface area contributed by atoms with Crippen molar-refractivity contribution in [2.24, 2.45) is 0 Å². The molecular formula is C25H24ClNO. The van der Waals surface area contributed by atoms with E-state index in [-0.39, 0.29) is 0 Å². The van der Waals surface area contributed by atoms with Crippen LogP contribution in [0.2, 0.25) is 5.02 Å². The molecule has 142 valence electrons. The summed E-state index contributed by atoms with van der Waals surface area (Å²) in [6, 6.07) is 24.5. The van der Waals surface area contributed by atoms with Crippen molar-refractivity contribution in [3.05, 3.63) is 88.4 Å². The van der Waals surface area contributed by atoms with Crippen LogP contribution in [0.25, 0.3) is 11.1 Å². The Labute approximate surface area is 171 Å². The maximum atomic E-state index is 6.13. The molecule has 0 aliphatic heterocycles. The summed E-state index contributed by atoms with van der Waals surface area (Å²) in [5.74, 6) is 1.57. The Hall–Kier alpha value is -2.29. The number of halogens is 1. The summed E-state index contributed by atoms with van der Waals surface area (Å²) in [4.78, 5) is 0. The summed E-state index contributed by atoms with van der Waals surface area (Å²) in [6.45, 7) is 0. The zero-order valence-corrected chi connectivity index (χ0v) is 16.7. The van der Waals surface area contributed by atoms with Crippen LogP contribution in [0.1, 0.15) is 41.5 Å². The molecule has 3 aromatic carbocycles. The molecule has 0 aromatic heterocycles. The Kier molecular flexibility index (Phi) is 4.62. The third-order valence-electron chi connectivity index (χ3n) is 6.13. The minimum Gasteiger partial charge on any atom is -0.497 e. The van der Waals surface area contributed by atoms with E-state index in [4.69, 9.17) is 16.3 Å². The highest BCUT2D eigenvalue weighted by Crippen LogP contribution is 2.44. The maximum absolute atomic E-state index is 6.13. The monoisotopic (exact) mass is 389 g/mol. The number of hydrogen-bond acceptors (Lipinski definition) is 2. The van der Waals surface area contributed by atoms with Gasteiger partial charge >= 0.3 is 0 Å². The predicted molar refractivity (Wildman–Crippen MR) is 115 cm³/mol. The Morgan fingerprint density at radius 3 is 2.61 bits per heavy atom. The largest absolute Gasteiger partial charge is 0.497 e. The molecule has 0 heterocycles. The second-order valence-electron chi connectivity index (χ2n) is 7.90. The van der Waals surface area contributed by atoms with Gasteiger partial charge in [-0.15, -0.1) is 0 Å². The highest BCUT2D eigenvalue weighted by molar-refractivity contribution is 6.30. The van der Waals surface area contributed by atoms with Gasteiger partial charge < -0.3 is 10.1 Å². The van der Waals surface area contributed by atoms with Gasteiger partial charge in [-0.3, -0.25) is 0 Å². The quantitative estimate of drug-likeness (QED) is 0.565. The molecule has 2 aliphatic carbocycles. The van der Waals surface area contributed by atoms with Crippen LogP contribution >= 0.6 is 11.6 Å². The summed E-state index contributed by atoms with van der Waals surface area (Å²) in [5, 5.41) is 4.67. The smallest absolute Gasteiger partial charge is 0.119 e. The minimum absolute atomic E-state index is 0.450. The first-order valence-corrected chi connectivity index (χ1v) is 10.4. The van der Waals surface area contributed by atoms with Gasteiger partial charge in [0.05, 0.1) is 7.11 Å². The predicted octanol–water partition coefficient (Wildman–Crippen LogP) is 6.15. The molecule has 3 atom stereocenters. The Morgan fingerprint density at radius 1 is 0.964 bits per heavy atom. The highest BCUT2D eigenvalue weighted by atomic mass is 35.5. The molecule has 3 heteroatoms. The van der Waals surface area contributed by atoms with E-state index in [1.807, 2.05) is 18.2 Å². The summed E-state index contributed by atoms with van der Waals surface area (Å²) in [6.07, 6.45) is 3.55. The zero-order valence-electron chi connectivity index (χ0n) is 16.0. The third-order valence-corrected chi connectivity index (χ3v) is 6.37. The lowest BCUT2D eigenvalue weighted by atomic mass is 10.0. The molecule has 1 fully saturated rings. The molecule has 0 amide bonds. The first kappa shape index (κ1) is 17.8. The zero-order chi connectivity index (χ0) is 19.1. The van der Waals surface area contributed by atoms with Crippen LogP contribution < -0.4 is 10.1 Å². The molecule has 3 aromatic rings. The summed E-state index contributed by atoms with van der Waals surface area (Å²) >= 11 is 6.13. The fourth-order valence-electron chi connectivity index (χ4n) is 4.48. The first-order chi connectivity index (χ1) is 13.7. The number of aryl methyl sites for hydroxylation is 1. The van der Waals surface area contributed by atoms with E-state index in [9.17, 15) is 0 Å². The van der Waals surface area contributed by atoms with Crippen LogP contribution in [-0.4, -0.2) is 13.2 Å². The maximum Gasteiger partial charge on any atom is 0.119 e. The van der Waals surface area contributed by atoms with Crippen LogP contribution in [-0.2, 0) is 6.42 Å². The number of hydrogen-bond donors (Lipinski definition) is 1. The first-order valence-electron chi connectivity index (χ1n) is 10.00. The van der Waals surface area contributed by atoms with Crippen molar-refractivity contribution in [1.82, 2.24) is 5.32 Å². The minimum atomic E-state index is 0.450. The SMILES string of the molecule is COc1ccc2c(c1)C(N[C@@H]1C[C@H]1c1ccc(-c3cccc(Cl)c3)cc1)CC2. The van der Waals surface area contributed by atoms with Gasteiger partial charge in [-0.1, -0.05) is 54.1 Å². The van der Waals surface area contributed by atoms with Crippen LogP contribution in [0.15, 0.2) is 66.7 Å². The number of fused-ring (bicyclic) bond motifs is 1. The van der Waals surface area contributed by atoms with Gasteiger partial charge in [-0.2, -0.15) is 0 Å². The van der Waals surface area contributed by atoms with E-state index in [2.05, 4.69) is 53.8 Å². The lowest BCUT2D eigenvalue weighted by molar-refractivity contribution is 0.413. The molecule has 1 N–H and O–H groups in total. The molecule has 2 nitrogen and oxygen atoms in total. The van der Waals surface area contributed by atoms with Crippen molar-refractivity contribution in [2.45, 2.75) is 37.3 Å². The van der Waals surface area contributed by atoms with Crippen molar-refractivity contribution in [3.8, 4) is 16.9 Å². The van der Waals surface area contributed by atoms with E-state index in [1.165, 1.54) is 40.7 Å². The molecule has 5 rings (SSSR count). The molecule has 1 saturated carbocycles. The van der Waals surface area contributed by atoms with Crippen molar-refractivity contribution in [3.63, 3.8) is 0 Å². The van der Waals surface area contributed by atoms with Crippen LogP contribution in [0, 0.1) is 0 Å². The molecule has 0 radical (unpaired) electrons. The van der Waals surface area contributed by atoms with Gasteiger partial charge in [0.15, 0.2) is 0 Å². The fraction of sp³-hybridized carbons (Fsp3) is 0.280. The second kappa shape index (κ2) is 7.27. The number of rotatable bonds is 5. The summed E-state index contributed by atoms with van der Waals surface area (Å²) in [5.41, 5.74) is 6.68. The molecule has 2 aliphatic rings. The Bertz CT molecular complexity index is 998. The van der Waals surface area contributed by atoms with Crippen molar-refractivity contribution < 1.29 is 4.74 Å². The lowest BCUT2D eigenvalue weighted by Gasteiger charge is -2.15. The van der Waals surface area contributed by atoms with E-state index in [0.717, 1.165) is 17.2 Å². The molecular weight excluding hydrogens is 366 g/mol. The van der Waals surface area contributed by atoms with Gasteiger partial charge in [-0.25, -0.2) is 0 Å². The average molecular weight is 390 g/mol. The van der Waals surface area contributed by atoms with Gasteiger partial charge in [0.2, 0.25) is 0 Å². The summed E-state index contributed by atoms with van der Waals surface area (Å²) < 4.78 is 5.42. The standard InChI is InChI=1S/C25H24ClNO/c1-28-21-11-9-18-10-12-24(22(18)14-21)27-25-15-23(25)17-7-5-16(6-8-17)19-3-2-4-20(26)13-19/h2-9,11,13-14,23-25,27H,10,12,15H2,1H3/t23-,24?,25+/m0/s1. The molecule has 0 spiro atoms. The van der Waals surface area contributed by atoms with Gasteiger partial charge in [0.25, 0.3) is 0 Å². The number of nitrogens with one attached hydrogen (secondary N) is 1. The van der Waals surface area contributed by atoms with E-state index in [1.54, 1.807) is 7.11 Å². The number of methoxy groups -OCH3 is 1. The molecule has 28 heavy (non-hydrogen) atoms. The van der Waals surface area contributed by atoms with Crippen molar-refractivity contribution >= 4 is 11.6 Å². The average Bonchev–Trinajstić information content (AvgIpc) is 3.39. The van der Waals surface area contributed by atoms with E-state index in [0.29, 0.717) is 18.0 Å². The van der Waals surface area contributed by atoms with Crippen LogP contribution in [0.3, 0.4) is 0 Å². The number of ether oxygens (including phenoxy) is 1. The molecule has 0 saturated heterocycles. The van der Waals surface area contributed by atoms with E-state index >= 15 is 0 Å². The van der Waals surface area contributed by atoms with E-state index < -0.39 is 0 Å². The summed E-state index contributed by atoms with van der Waals surface area (Å²) in [7, 11) is 1.74. The lowest BCUT2D eigenvalue weighted by Crippen LogP contribution is -2.22. The highest BCUT2D eigenvalue weighted by Gasteiger charge is 2.40. The molecule has 0 bridgehead atoms. The third kappa shape index (κ3) is 3.43. The fourth-order valence-corrected chi connectivity index (χ4v) is 4.67. The normalized spacial score (nSPS) is 22.7. The van der Waals surface area contributed by atoms with Crippen LogP contribution in [0.4, 0.5) is 0 Å². The van der Waals surface area contributed by atoms with Crippen molar-refractivity contribution in [1.29, 1.82) is 0 Å².